The lowest BCUT2D eigenvalue weighted by molar-refractivity contribution is 0.469. The fourth-order valence-corrected chi connectivity index (χ4v) is 1.64. The fraction of sp³-hybridized carbons (Fsp3) is 0.167. The Bertz CT molecular complexity index is 531. The lowest BCUT2D eigenvalue weighted by atomic mass is 10.0. The van der Waals surface area contributed by atoms with E-state index < -0.39 is 11.9 Å². The number of benzene rings is 1. The van der Waals surface area contributed by atoms with E-state index in [-0.39, 0.29) is 28.4 Å². The second kappa shape index (κ2) is 5.96. The minimum Gasteiger partial charge on any atom is -0.508 e. The van der Waals surface area contributed by atoms with Crippen LogP contribution in [-0.2, 0) is 0 Å². The van der Waals surface area contributed by atoms with E-state index in [0.29, 0.717) is 0 Å². The molecule has 0 aliphatic heterocycles. The molecule has 8 N–H and O–H groups in total. The van der Waals surface area contributed by atoms with Crippen LogP contribution < -0.4 is 17.2 Å². The van der Waals surface area contributed by atoms with Gasteiger partial charge in [-0.25, -0.2) is 9.38 Å². The van der Waals surface area contributed by atoms with E-state index >= 15 is 0 Å². The van der Waals surface area contributed by atoms with E-state index in [1.807, 2.05) is 0 Å². The van der Waals surface area contributed by atoms with Gasteiger partial charge in [-0.05, 0) is 19.1 Å². The molecule has 0 spiro atoms. The van der Waals surface area contributed by atoms with E-state index in [1.54, 1.807) is 6.92 Å². The standard InChI is InChI=1S/C12H16FN5O/c1-6(15)10(12(17)18-5-14)11(16)7-2-8(13)4-9(19)3-7/h2-6,19H,15-16H2,1H3,(H3,14,17,18)/t6-/m0/s1. The highest BCUT2D eigenvalue weighted by Gasteiger charge is 2.15. The normalized spacial score (nSPS) is 14.8. The lowest BCUT2D eigenvalue weighted by Crippen LogP contribution is -2.31. The first-order valence-electron chi connectivity index (χ1n) is 5.44. The zero-order valence-electron chi connectivity index (χ0n) is 10.4. The van der Waals surface area contributed by atoms with Crippen LogP contribution in [-0.4, -0.2) is 23.3 Å². The summed E-state index contributed by atoms with van der Waals surface area (Å²) in [6, 6.07) is 2.83. The quantitative estimate of drug-likeness (QED) is 0.400. The van der Waals surface area contributed by atoms with Crippen molar-refractivity contribution in [3.8, 4) is 5.75 Å². The maximum Gasteiger partial charge on any atom is 0.132 e. The van der Waals surface area contributed by atoms with Gasteiger partial charge in [0.25, 0.3) is 0 Å². The molecule has 0 heterocycles. The molecule has 1 aromatic carbocycles. The fourth-order valence-electron chi connectivity index (χ4n) is 1.64. The maximum absolute atomic E-state index is 13.2. The van der Waals surface area contributed by atoms with Gasteiger partial charge < -0.3 is 22.3 Å². The maximum atomic E-state index is 13.2. The molecular formula is C12H16FN5O. The number of aromatic hydroxyl groups is 1. The molecule has 0 aliphatic rings. The zero-order chi connectivity index (χ0) is 14.6. The minimum absolute atomic E-state index is 0.0220. The largest absolute Gasteiger partial charge is 0.508 e. The van der Waals surface area contributed by atoms with Gasteiger partial charge in [0.1, 0.15) is 23.7 Å². The van der Waals surface area contributed by atoms with Crippen LogP contribution in [0.5, 0.6) is 5.75 Å². The Balaban J connectivity index is 3.45. The molecule has 0 bridgehead atoms. The number of phenols is 1. The zero-order valence-corrected chi connectivity index (χ0v) is 10.4. The lowest BCUT2D eigenvalue weighted by Gasteiger charge is -2.15. The first kappa shape index (κ1) is 14.7. The van der Waals surface area contributed by atoms with Gasteiger partial charge in [-0.15, -0.1) is 0 Å². The van der Waals surface area contributed by atoms with Crippen molar-refractivity contribution in [1.82, 2.24) is 0 Å². The third-order valence-corrected chi connectivity index (χ3v) is 2.42. The van der Waals surface area contributed by atoms with Gasteiger partial charge in [0, 0.05) is 28.9 Å². The summed E-state index contributed by atoms with van der Waals surface area (Å²) in [7, 11) is 0. The van der Waals surface area contributed by atoms with E-state index in [2.05, 4.69) is 4.99 Å². The number of aliphatic imine (C=N–C) groups is 1. The van der Waals surface area contributed by atoms with E-state index in [1.165, 1.54) is 6.07 Å². The number of nitrogens with two attached hydrogens (primary N) is 3. The molecule has 0 fully saturated rings. The van der Waals surface area contributed by atoms with Crippen LogP contribution in [0, 0.1) is 11.2 Å². The molecule has 1 rings (SSSR count). The monoisotopic (exact) mass is 265 g/mol. The molecule has 19 heavy (non-hydrogen) atoms. The number of halogens is 1. The Morgan fingerprint density at radius 1 is 1.42 bits per heavy atom. The number of nitrogens with zero attached hydrogens (tertiary/aromatic N) is 1. The van der Waals surface area contributed by atoms with Crippen molar-refractivity contribution in [2.75, 3.05) is 0 Å². The smallest absolute Gasteiger partial charge is 0.132 e. The van der Waals surface area contributed by atoms with Crippen LogP contribution >= 0.6 is 0 Å². The van der Waals surface area contributed by atoms with Gasteiger partial charge in [0.05, 0.1) is 0 Å². The Morgan fingerprint density at radius 3 is 2.53 bits per heavy atom. The van der Waals surface area contributed by atoms with Gasteiger partial charge in [0.2, 0.25) is 0 Å². The van der Waals surface area contributed by atoms with Crippen molar-refractivity contribution < 1.29 is 9.50 Å². The molecule has 102 valence electrons. The molecule has 0 unspecified atom stereocenters. The van der Waals surface area contributed by atoms with Crippen molar-refractivity contribution in [3.63, 3.8) is 0 Å². The molecule has 0 amide bonds. The number of amidine groups is 1. The van der Waals surface area contributed by atoms with Crippen LogP contribution in [0.25, 0.3) is 5.70 Å². The summed E-state index contributed by atoms with van der Waals surface area (Å²) in [4.78, 5) is 3.60. The minimum atomic E-state index is -0.635. The summed E-state index contributed by atoms with van der Waals surface area (Å²) in [5.74, 6) is -0.916. The van der Waals surface area contributed by atoms with Gasteiger partial charge >= 0.3 is 0 Å². The van der Waals surface area contributed by atoms with Crippen LogP contribution in [0.15, 0.2) is 28.8 Å². The Hall–Kier alpha value is -2.41. The van der Waals surface area contributed by atoms with Crippen molar-refractivity contribution in [2.24, 2.45) is 22.2 Å². The molecule has 0 aliphatic carbocycles. The van der Waals surface area contributed by atoms with E-state index in [9.17, 15) is 9.50 Å². The highest BCUT2D eigenvalue weighted by molar-refractivity contribution is 6.06. The topological polar surface area (TPSA) is 134 Å². The second-order valence-corrected chi connectivity index (χ2v) is 3.96. The average molecular weight is 265 g/mol. The molecule has 1 aromatic rings. The number of nitrogens with one attached hydrogen (secondary N) is 1. The van der Waals surface area contributed by atoms with Crippen molar-refractivity contribution in [1.29, 1.82) is 5.41 Å². The summed E-state index contributed by atoms with van der Waals surface area (Å²) < 4.78 is 13.2. The van der Waals surface area contributed by atoms with Gasteiger partial charge in [-0.1, -0.05) is 0 Å². The van der Waals surface area contributed by atoms with Crippen LogP contribution in [0.4, 0.5) is 4.39 Å². The van der Waals surface area contributed by atoms with Crippen molar-refractivity contribution in [2.45, 2.75) is 13.0 Å². The van der Waals surface area contributed by atoms with Crippen LogP contribution in [0.2, 0.25) is 0 Å². The molecule has 1 atom stereocenters. The molecule has 0 radical (unpaired) electrons. The summed E-state index contributed by atoms with van der Waals surface area (Å²) in [5, 5.41) is 16.2. The molecule has 0 saturated carbocycles. The third kappa shape index (κ3) is 3.52. The van der Waals surface area contributed by atoms with E-state index in [4.69, 9.17) is 22.6 Å². The predicted octanol–water partition coefficient (Wildman–Crippen LogP) is 0.513. The number of hydrogen-bond donors (Lipinski definition) is 5. The first-order valence-corrected chi connectivity index (χ1v) is 5.44. The van der Waals surface area contributed by atoms with E-state index in [0.717, 1.165) is 18.5 Å². The van der Waals surface area contributed by atoms with Gasteiger partial charge in [-0.3, -0.25) is 5.41 Å². The van der Waals surface area contributed by atoms with Gasteiger partial charge in [0.15, 0.2) is 0 Å². The Morgan fingerprint density at radius 2 is 2.05 bits per heavy atom. The highest BCUT2D eigenvalue weighted by Crippen LogP contribution is 2.21. The number of rotatable bonds is 4. The molecule has 0 aromatic heterocycles. The number of hydrogen-bond acceptors (Lipinski definition) is 4. The predicted molar refractivity (Wildman–Crippen MR) is 73.2 cm³/mol. The van der Waals surface area contributed by atoms with Crippen molar-refractivity contribution >= 4 is 17.9 Å². The van der Waals surface area contributed by atoms with Crippen LogP contribution in [0.3, 0.4) is 0 Å². The average Bonchev–Trinajstić information content (AvgIpc) is 2.27. The SMILES string of the molecule is C[C@H](N)C(C(N)=NC=N)=C(N)c1cc(O)cc(F)c1. The Kier molecular flexibility index (Phi) is 4.60. The summed E-state index contributed by atoms with van der Waals surface area (Å²) in [5.41, 5.74) is 17.9. The highest BCUT2D eigenvalue weighted by atomic mass is 19.1. The Labute approximate surface area is 109 Å². The number of phenolic OH excluding ortho intramolecular Hbond substituents is 1. The molecule has 6 nitrogen and oxygen atoms in total. The molecule has 7 heteroatoms. The summed E-state index contributed by atoms with van der Waals surface area (Å²) in [6.07, 6.45) is 0.758. The second-order valence-electron chi connectivity index (χ2n) is 3.96. The van der Waals surface area contributed by atoms with Crippen molar-refractivity contribution in [3.05, 3.63) is 35.2 Å². The molecular weight excluding hydrogens is 249 g/mol. The molecule has 0 saturated heterocycles. The first-order chi connectivity index (χ1) is 8.86. The summed E-state index contributed by atoms with van der Waals surface area (Å²) >= 11 is 0. The summed E-state index contributed by atoms with van der Waals surface area (Å²) in [6.45, 7) is 1.63. The van der Waals surface area contributed by atoms with Gasteiger partial charge in [-0.2, -0.15) is 0 Å². The van der Waals surface area contributed by atoms with Crippen LogP contribution in [0.1, 0.15) is 12.5 Å². The third-order valence-electron chi connectivity index (χ3n) is 2.42.